The molecule has 3 unspecified atom stereocenters. The Morgan fingerprint density at radius 2 is 1.69 bits per heavy atom. The van der Waals surface area contributed by atoms with E-state index in [1.54, 1.807) is 54.3 Å². The number of carbonyl (C=O) groups is 3. The first-order valence-electron chi connectivity index (χ1n) is 17.1. The zero-order valence-corrected chi connectivity index (χ0v) is 29.5. The Morgan fingerprint density at radius 3 is 2.38 bits per heavy atom. The molecular formula is C37H44FN7O7. The van der Waals surface area contributed by atoms with Gasteiger partial charge in [0.05, 0.1) is 63.0 Å². The number of hydrogen-bond acceptors (Lipinski definition) is 9. The topological polar surface area (TPSA) is 148 Å². The Hall–Kier alpha value is -5.86. The molecule has 15 heteroatoms. The molecule has 0 bridgehead atoms. The fourth-order valence-corrected chi connectivity index (χ4v) is 6.98. The predicted molar refractivity (Wildman–Crippen MR) is 195 cm³/mol. The van der Waals surface area contributed by atoms with E-state index in [2.05, 4.69) is 10.6 Å². The van der Waals surface area contributed by atoms with Crippen LogP contribution in [0.3, 0.4) is 0 Å². The van der Waals surface area contributed by atoms with Crippen molar-refractivity contribution in [2.45, 2.75) is 38.3 Å². The van der Waals surface area contributed by atoms with E-state index in [0.717, 1.165) is 6.42 Å². The number of anilines is 2. The molecule has 1 aliphatic heterocycles. The second kappa shape index (κ2) is 15.6. The number of aromatic nitrogens is 2. The fourth-order valence-electron chi connectivity index (χ4n) is 6.98. The number of nitrogens with zero attached hydrogens (tertiary/aromatic N) is 5. The number of piperazine rings is 1. The van der Waals surface area contributed by atoms with Crippen LogP contribution in [0.15, 0.2) is 71.5 Å². The molecule has 3 aromatic carbocycles. The smallest absolute Gasteiger partial charge is 0.407 e. The molecule has 3 atom stereocenters. The van der Waals surface area contributed by atoms with Crippen LogP contribution in [0.5, 0.6) is 11.5 Å². The molecule has 1 aliphatic carbocycles. The first kappa shape index (κ1) is 35.9. The predicted octanol–water partition coefficient (Wildman–Crippen LogP) is 4.90. The van der Waals surface area contributed by atoms with Crippen LogP contribution in [-0.4, -0.2) is 86.1 Å². The van der Waals surface area contributed by atoms with Crippen molar-refractivity contribution in [3.63, 3.8) is 0 Å². The number of alkyl carbamates (subject to hydrolysis) is 1. The summed E-state index contributed by atoms with van der Waals surface area (Å²) in [6.45, 7) is 3.03. The Morgan fingerprint density at radius 1 is 0.962 bits per heavy atom. The summed E-state index contributed by atoms with van der Waals surface area (Å²) in [5, 5.41) is 7.88. The molecular weight excluding hydrogens is 673 g/mol. The van der Waals surface area contributed by atoms with Gasteiger partial charge >= 0.3 is 12.1 Å². The lowest BCUT2D eigenvalue weighted by molar-refractivity contribution is -0.136. The van der Waals surface area contributed by atoms with Crippen molar-refractivity contribution < 1.29 is 34.4 Å². The van der Waals surface area contributed by atoms with Crippen molar-refractivity contribution >= 4 is 40.3 Å². The fraction of sp³-hybridized carbons (Fsp3) is 0.378. The minimum absolute atomic E-state index is 0. The monoisotopic (exact) mass is 717 g/mol. The van der Waals surface area contributed by atoms with Gasteiger partial charge in [0.1, 0.15) is 17.3 Å². The third kappa shape index (κ3) is 7.29. The summed E-state index contributed by atoms with van der Waals surface area (Å²) in [7, 11) is 4.29. The van der Waals surface area contributed by atoms with Crippen LogP contribution >= 0.6 is 0 Å². The average Bonchev–Trinajstić information content (AvgIpc) is 3.63. The van der Waals surface area contributed by atoms with Gasteiger partial charge in [-0.05, 0) is 68.3 Å². The largest absolute Gasteiger partial charge is 0.497 e. The van der Waals surface area contributed by atoms with Crippen molar-refractivity contribution in [2.24, 2.45) is 5.92 Å². The molecule has 1 saturated carbocycles. The third-order valence-corrected chi connectivity index (χ3v) is 9.67. The summed E-state index contributed by atoms with van der Waals surface area (Å²) in [6.07, 6.45) is 1.60. The molecule has 2 aliphatic rings. The number of fused-ring (bicyclic) bond motifs is 1. The number of urea groups is 1. The molecule has 14 nitrogen and oxygen atoms in total. The highest BCUT2D eigenvalue weighted by Gasteiger charge is 2.38. The standard InChI is InChI=1S/C37H42FN7O7.H2/c1-23(44(31-17-16-26(50-2)22-32(31)51-3)36(48)39-25-14-12-24(38)13-15-25)33-40-29-10-6-5-8-28(29)35(47)45(33)43-20-18-42(19-21-43)34(46)27-9-7-11-30(27)41-37(49)52-4;/h5-6,8,10,12-17,22-23,27,30H,7,9,11,18-21H2,1-4H3,(H,39,48)(H,41,49);1H. The first-order chi connectivity index (χ1) is 25.1. The van der Waals surface area contributed by atoms with E-state index in [1.807, 2.05) is 5.01 Å². The number of hydrogen-bond donors (Lipinski definition) is 2. The van der Waals surface area contributed by atoms with Crippen LogP contribution in [0.2, 0.25) is 0 Å². The minimum atomic E-state index is -0.872. The highest BCUT2D eigenvalue weighted by atomic mass is 19.1. The highest BCUT2D eigenvalue weighted by Crippen LogP contribution is 2.37. The summed E-state index contributed by atoms with van der Waals surface area (Å²) in [4.78, 5) is 62.4. The van der Waals surface area contributed by atoms with Gasteiger partial charge < -0.3 is 34.8 Å². The second-order valence-corrected chi connectivity index (χ2v) is 12.7. The average molecular weight is 718 g/mol. The molecule has 1 saturated heterocycles. The quantitative estimate of drug-likeness (QED) is 0.247. The number of halogens is 1. The lowest BCUT2D eigenvalue weighted by atomic mass is 10.0. The Kier molecular flexibility index (Phi) is 10.8. The maximum absolute atomic E-state index is 14.4. The summed E-state index contributed by atoms with van der Waals surface area (Å²) in [5.41, 5.74) is 0.842. The molecule has 2 fully saturated rings. The van der Waals surface area contributed by atoms with E-state index in [4.69, 9.17) is 19.2 Å². The molecule has 4 aromatic rings. The van der Waals surface area contributed by atoms with E-state index >= 15 is 0 Å². The van der Waals surface area contributed by atoms with Crippen LogP contribution in [0, 0.1) is 11.7 Å². The van der Waals surface area contributed by atoms with Crippen molar-refractivity contribution in [1.82, 2.24) is 19.9 Å². The molecule has 4 amide bonds. The van der Waals surface area contributed by atoms with Gasteiger partial charge in [-0.1, -0.05) is 18.6 Å². The van der Waals surface area contributed by atoms with E-state index < -0.39 is 24.0 Å². The van der Waals surface area contributed by atoms with E-state index in [9.17, 15) is 23.6 Å². The maximum atomic E-state index is 14.4. The van der Waals surface area contributed by atoms with Gasteiger partial charge in [-0.25, -0.2) is 23.6 Å². The van der Waals surface area contributed by atoms with Crippen LogP contribution in [0.25, 0.3) is 10.9 Å². The number of carbonyl (C=O) groups excluding carboxylic acids is 3. The van der Waals surface area contributed by atoms with Gasteiger partial charge in [0, 0.05) is 32.3 Å². The number of para-hydroxylation sites is 1. The molecule has 52 heavy (non-hydrogen) atoms. The molecule has 1 aromatic heterocycles. The normalized spacial score (nSPS) is 17.7. The van der Waals surface area contributed by atoms with Gasteiger partial charge in [-0.15, -0.1) is 0 Å². The van der Waals surface area contributed by atoms with Gasteiger partial charge in [0.25, 0.3) is 5.56 Å². The second-order valence-electron chi connectivity index (χ2n) is 12.7. The number of nitrogens with one attached hydrogen (secondary N) is 2. The minimum Gasteiger partial charge on any atom is -0.497 e. The van der Waals surface area contributed by atoms with Gasteiger partial charge in [-0.3, -0.25) is 14.5 Å². The van der Waals surface area contributed by atoms with Crippen molar-refractivity contribution in [1.29, 1.82) is 0 Å². The lowest BCUT2D eigenvalue weighted by Gasteiger charge is -2.40. The molecule has 2 N–H and O–H groups in total. The number of benzene rings is 3. The third-order valence-electron chi connectivity index (χ3n) is 9.67. The lowest BCUT2D eigenvalue weighted by Crippen LogP contribution is -2.58. The van der Waals surface area contributed by atoms with Gasteiger partial charge in [-0.2, -0.15) is 0 Å². The zero-order valence-electron chi connectivity index (χ0n) is 29.5. The Labute approximate surface area is 301 Å². The highest BCUT2D eigenvalue weighted by molar-refractivity contribution is 6.03. The van der Waals surface area contributed by atoms with Gasteiger partial charge in [0.15, 0.2) is 5.82 Å². The molecule has 0 radical (unpaired) electrons. The van der Waals surface area contributed by atoms with Crippen LogP contribution in [-0.2, 0) is 9.53 Å². The molecule has 0 spiro atoms. The number of amides is 4. The van der Waals surface area contributed by atoms with E-state index in [0.29, 0.717) is 72.8 Å². The van der Waals surface area contributed by atoms with E-state index in [-0.39, 0.29) is 30.7 Å². The Balaban J connectivity index is 0.00000541. The van der Waals surface area contributed by atoms with Crippen LogP contribution < -0.4 is 35.6 Å². The summed E-state index contributed by atoms with van der Waals surface area (Å²) in [5.74, 6) is 0.241. The summed E-state index contributed by atoms with van der Waals surface area (Å²) < 4.78 is 31.1. The van der Waals surface area contributed by atoms with E-state index in [1.165, 1.54) is 55.2 Å². The molecule has 276 valence electrons. The number of ether oxygens (including phenoxy) is 3. The summed E-state index contributed by atoms with van der Waals surface area (Å²) >= 11 is 0. The Bertz CT molecular complexity index is 2010. The first-order valence-corrected chi connectivity index (χ1v) is 17.1. The van der Waals surface area contributed by atoms with Crippen molar-refractivity contribution in [3.8, 4) is 11.5 Å². The van der Waals surface area contributed by atoms with Crippen molar-refractivity contribution in [2.75, 3.05) is 62.7 Å². The maximum Gasteiger partial charge on any atom is 0.407 e. The SMILES string of the molecule is COC(=O)NC1CCCC1C(=O)N1CCN(n2c(C(C)N(C(=O)Nc3ccc(F)cc3)c3ccc(OC)cc3OC)nc3ccccc3c2=O)CC1.[HH]. The van der Waals surface area contributed by atoms with Crippen LogP contribution in [0.1, 0.15) is 39.5 Å². The van der Waals surface area contributed by atoms with Crippen LogP contribution in [0.4, 0.5) is 25.4 Å². The molecule has 2 heterocycles. The molecule has 6 rings (SSSR count). The number of methoxy groups -OCH3 is 3. The zero-order chi connectivity index (χ0) is 36.9. The number of rotatable bonds is 9. The summed E-state index contributed by atoms with van der Waals surface area (Å²) in [6, 6.07) is 15.6. The van der Waals surface area contributed by atoms with Gasteiger partial charge in [0.2, 0.25) is 5.91 Å². The van der Waals surface area contributed by atoms with Crippen molar-refractivity contribution in [3.05, 3.63) is 88.7 Å².